The van der Waals surface area contributed by atoms with E-state index in [1.54, 1.807) is 11.1 Å². The Kier molecular flexibility index (Phi) is 7.79. The molecule has 4 aliphatic heterocycles. The molecule has 7 nitrogen and oxygen atoms in total. The van der Waals surface area contributed by atoms with Gasteiger partial charge in [0.1, 0.15) is 0 Å². The Morgan fingerprint density at radius 1 is 1.22 bits per heavy atom. The van der Waals surface area contributed by atoms with E-state index in [0.29, 0.717) is 26.0 Å². The number of hydrogen-bond donors (Lipinski definition) is 2. The van der Waals surface area contributed by atoms with Gasteiger partial charge in [0.2, 0.25) is 0 Å². The van der Waals surface area contributed by atoms with Gasteiger partial charge in [0.15, 0.2) is 0 Å². The van der Waals surface area contributed by atoms with Gasteiger partial charge in [0, 0.05) is 6.61 Å². The molecule has 2 amide bonds. The SMILES string of the molecule is O=C(N[C@H]1COCC[C@@H]1O)C1CC(CN2CCC(C#I)(c3ccccc3)CC2)=C2C=CC=CN2C1=O. The summed E-state index contributed by atoms with van der Waals surface area (Å²) in [5.41, 5.74) is 3.22. The number of amides is 2. The normalized spacial score (nSPS) is 28.0. The van der Waals surface area contributed by atoms with Crippen molar-refractivity contribution >= 4 is 33.7 Å². The average molecular weight is 601 g/mol. The molecule has 0 bridgehead atoms. The van der Waals surface area contributed by atoms with Gasteiger partial charge >= 0.3 is 190 Å². The molecular formula is C28H32IN3O4. The third-order valence-corrected chi connectivity index (χ3v) is 8.84. The van der Waals surface area contributed by atoms with Gasteiger partial charge in [-0.2, -0.15) is 0 Å². The predicted molar refractivity (Wildman–Crippen MR) is 145 cm³/mol. The molecule has 8 heteroatoms. The van der Waals surface area contributed by atoms with Crippen LogP contribution in [-0.4, -0.2) is 71.7 Å². The number of likely N-dealkylation sites (tertiary alicyclic amines) is 1. The van der Waals surface area contributed by atoms with Gasteiger partial charge in [0.05, 0.1) is 12.7 Å². The first-order valence-electron chi connectivity index (χ1n) is 12.6. The Hall–Kier alpha value is -2.23. The van der Waals surface area contributed by atoms with E-state index < -0.39 is 18.1 Å². The minimum atomic E-state index is -0.821. The summed E-state index contributed by atoms with van der Waals surface area (Å²) in [6.07, 6.45) is 9.61. The molecule has 4 aliphatic rings. The quantitative estimate of drug-likeness (QED) is 0.401. The second-order valence-corrected chi connectivity index (χ2v) is 10.6. The summed E-state index contributed by atoms with van der Waals surface area (Å²) in [5.74, 6) is -1.39. The van der Waals surface area contributed by atoms with Crippen molar-refractivity contribution in [2.24, 2.45) is 5.92 Å². The maximum absolute atomic E-state index is 13.3. The molecule has 0 aliphatic carbocycles. The van der Waals surface area contributed by atoms with Gasteiger partial charge in [-0.25, -0.2) is 0 Å². The number of aliphatic hydroxyl groups excluding tert-OH is 1. The van der Waals surface area contributed by atoms with Crippen LogP contribution in [-0.2, 0) is 19.7 Å². The van der Waals surface area contributed by atoms with Crippen molar-refractivity contribution in [2.45, 2.75) is 43.2 Å². The number of carbonyl (C=O) groups excluding carboxylic acids is 2. The summed E-state index contributed by atoms with van der Waals surface area (Å²) >= 11 is 2.28. The fourth-order valence-electron chi connectivity index (χ4n) is 5.59. The van der Waals surface area contributed by atoms with E-state index in [2.05, 4.69) is 60.2 Å². The summed E-state index contributed by atoms with van der Waals surface area (Å²) in [5, 5.41) is 13.1. The molecule has 1 aromatic rings. The van der Waals surface area contributed by atoms with E-state index in [9.17, 15) is 14.7 Å². The number of aliphatic hydroxyl groups is 1. The number of nitrogens with zero attached hydrogens (tertiary/aromatic N) is 2. The first-order valence-corrected chi connectivity index (χ1v) is 13.7. The predicted octanol–water partition coefficient (Wildman–Crippen LogP) is 2.87. The van der Waals surface area contributed by atoms with E-state index in [0.717, 1.165) is 37.2 Å². The molecule has 0 aromatic heterocycles. The summed E-state index contributed by atoms with van der Waals surface area (Å²) in [6, 6.07) is 10.1. The standard InChI is InChI=1S/C28H32IN3O4/c29-19-28(21-6-2-1-3-7-21)10-13-31(14-11-28)17-20-16-22(27(35)32-12-5-4-8-24(20)32)26(34)30-23-18-36-15-9-25(23)33/h1-8,12,22-23,25,33H,9-11,13-18H2,(H,30,34)/t22?,23-,25-/m0/s1. The number of piperidine rings is 1. The molecular weight excluding hydrogens is 569 g/mol. The van der Waals surface area contributed by atoms with Crippen LogP contribution in [0.4, 0.5) is 0 Å². The average Bonchev–Trinajstić information content (AvgIpc) is 2.92. The van der Waals surface area contributed by atoms with Gasteiger partial charge in [-0.1, -0.05) is 0 Å². The van der Waals surface area contributed by atoms with Crippen LogP contribution in [0.15, 0.2) is 66.0 Å². The molecule has 5 rings (SSSR count). The first kappa shape index (κ1) is 25.4. The number of ether oxygens (including phenoxy) is 1. The van der Waals surface area contributed by atoms with Gasteiger partial charge < -0.3 is 9.84 Å². The van der Waals surface area contributed by atoms with Crippen LogP contribution in [0.3, 0.4) is 0 Å². The number of benzene rings is 1. The van der Waals surface area contributed by atoms with Crippen LogP contribution in [0.25, 0.3) is 0 Å². The van der Waals surface area contributed by atoms with Crippen LogP contribution in [0.5, 0.6) is 0 Å². The van der Waals surface area contributed by atoms with Gasteiger partial charge in [-0.15, -0.1) is 0 Å². The summed E-state index contributed by atoms with van der Waals surface area (Å²) in [7, 11) is 0. The number of carbonyl (C=O) groups is 2. The van der Waals surface area contributed by atoms with E-state index in [4.69, 9.17) is 4.74 Å². The van der Waals surface area contributed by atoms with Crippen molar-refractivity contribution in [3.63, 3.8) is 0 Å². The van der Waals surface area contributed by atoms with Gasteiger partial charge in [-0.05, 0) is 6.42 Å². The Balaban J connectivity index is 1.30. The molecule has 36 heavy (non-hydrogen) atoms. The fourth-order valence-corrected chi connectivity index (χ4v) is 6.44. The Bertz CT molecular complexity index is 1130. The van der Waals surface area contributed by atoms with Crippen molar-refractivity contribution in [3.8, 4) is 3.81 Å². The van der Waals surface area contributed by atoms with E-state index in [1.165, 1.54) is 5.56 Å². The second kappa shape index (κ2) is 11.0. The zero-order valence-corrected chi connectivity index (χ0v) is 22.4. The second-order valence-electron chi connectivity index (χ2n) is 10.0. The van der Waals surface area contributed by atoms with E-state index in [1.807, 2.05) is 24.3 Å². The Morgan fingerprint density at radius 2 is 2.00 bits per heavy atom. The van der Waals surface area contributed by atoms with E-state index >= 15 is 0 Å². The Morgan fingerprint density at radius 3 is 2.72 bits per heavy atom. The van der Waals surface area contributed by atoms with Crippen molar-refractivity contribution in [1.82, 2.24) is 15.1 Å². The summed E-state index contributed by atoms with van der Waals surface area (Å²) in [6.45, 7) is 3.28. The molecule has 2 saturated heterocycles. The molecule has 4 heterocycles. The molecule has 0 saturated carbocycles. The number of allylic oxidation sites excluding steroid dienone is 3. The molecule has 190 valence electrons. The number of fused-ring (bicyclic) bond motifs is 1. The number of hydrogen-bond acceptors (Lipinski definition) is 5. The zero-order valence-electron chi connectivity index (χ0n) is 20.2. The van der Waals surface area contributed by atoms with Crippen molar-refractivity contribution in [2.75, 3.05) is 32.8 Å². The Labute approximate surface area is 225 Å². The first-order chi connectivity index (χ1) is 17.5. The van der Waals surface area contributed by atoms with Crippen LogP contribution in [0.1, 0.15) is 31.2 Å². The van der Waals surface area contributed by atoms with Crippen molar-refractivity contribution in [1.29, 1.82) is 0 Å². The molecule has 0 spiro atoms. The van der Waals surface area contributed by atoms with Crippen LogP contribution in [0.2, 0.25) is 0 Å². The molecule has 3 atom stereocenters. The third kappa shape index (κ3) is 5.10. The summed E-state index contributed by atoms with van der Waals surface area (Å²) in [4.78, 5) is 30.5. The monoisotopic (exact) mass is 601 g/mol. The number of halogens is 1. The minimum absolute atomic E-state index is 0.0521. The summed E-state index contributed by atoms with van der Waals surface area (Å²) < 4.78 is 8.97. The molecule has 2 fully saturated rings. The topological polar surface area (TPSA) is 82.1 Å². The molecule has 2 N–H and O–H groups in total. The van der Waals surface area contributed by atoms with Crippen molar-refractivity contribution in [3.05, 3.63) is 71.6 Å². The third-order valence-electron chi connectivity index (χ3n) is 7.80. The van der Waals surface area contributed by atoms with Gasteiger partial charge in [-0.3, -0.25) is 0 Å². The zero-order chi connectivity index (χ0) is 25.1. The van der Waals surface area contributed by atoms with Gasteiger partial charge in [0.25, 0.3) is 0 Å². The van der Waals surface area contributed by atoms with Crippen LogP contribution < -0.4 is 5.32 Å². The van der Waals surface area contributed by atoms with E-state index in [-0.39, 0.29) is 23.8 Å². The molecule has 1 aromatic carbocycles. The molecule has 0 radical (unpaired) electrons. The maximum atomic E-state index is 13.3. The number of rotatable bonds is 5. The fraction of sp³-hybridized carbons (Fsp3) is 0.464. The number of nitrogens with one attached hydrogen (secondary N) is 1. The van der Waals surface area contributed by atoms with Crippen LogP contribution >= 0.6 is 21.9 Å². The molecule has 1 unspecified atom stereocenters. The van der Waals surface area contributed by atoms with Crippen molar-refractivity contribution < 1.29 is 19.4 Å². The van der Waals surface area contributed by atoms with Crippen LogP contribution in [0, 0.1) is 9.73 Å².